The highest BCUT2D eigenvalue weighted by molar-refractivity contribution is 5.81. The van der Waals surface area contributed by atoms with Gasteiger partial charge < -0.3 is 30.2 Å². The second-order valence-electron chi connectivity index (χ2n) is 6.35. The third-order valence-corrected chi connectivity index (χ3v) is 3.67. The van der Waals surface area contributed by atoms with Crippen LogP contribution in [0.15, 0.2) is 0 Å². The Morgan fingerprint density at radius 3 is 1.38 bits per heavy atom. The van der Waals surface area contributed by atoms with Gasteiger partial charge in [0.1, 0.15) is 0 Å². The maximum absolute atomic E-state index is 11.9. The van der Waals surface area contributed by atoms with Crippen molar-refractivity contribution in [2.24, 2.45) is 0 Å². The van der Waals surface area contributed by atoms with Gasteiger partial charge in [-0.05, 0) is 19.9 Å². The van der Waals surface area contributed by atoms with Gasteiger partial charge in [-0.3, -0.25) is 14.5 Å². The first-order valence-corrected chi connectivity index (χ1v) is 13.3. The van der Waals surface area contributed by atoms with Crippen LogP contribution in [0.1, 0.15) is 68.2 Å². The molecule has 0 saturated heterocycles. The lowest BCUT2D eigenvalue weighted by atomic mass is 10.4. The topological polar surface area (TPSA) is 101 Å². The van der Waals surface area contributed by atoms with E-state index in [0.29, 0.717) is 59.3 Å². The Morgan fingerprint density at radius 2 is 1.00 bits per heavy atom. The monoisotopic (exact) mass is 494 g/mol. The maximum atomic E-state index is 11.9. The molecule has 0 aromatic carbocycles. The van der Waals surface area contributed by atoms with E-state index >= 15 is 0 Å². The number of amides is 2. The van der Waals surface area contributed by atoms with Gasteiger partial charge in [-0.25, -0.2) is 0 Å². The van der Waals surface area contributed by atoms with Gasteiger partial charge in [0.15, 0.2) is 0 Å². The van der Waals surface area contributed by atoms with E-state index in [-0.39, 0.29) is 24.9 Å². The Bertz CT molecular complexity index is 366. The van der Waals surface area contributed by atoms with Crippen molar-refractivity contribution in [2.75, 3.05) is 86.0 Å². The molecule has 0 aliphatic carbocycles. The number of carbonyl (C=O) groups excluding carboxylic acids is 2. The Balaban J connectivity index is -0.000000689. The van der Waals surface area contributed by atoms with Gasteiger partial charge in [-0.1, -0.05) is 55.4 Å². The van der Waals surface area contributed by atoms with Gasteiger partial charge in [0.2, 0.25) is 11.8 Å². The molecule has 3 N–H and O–H groups in total. The lowest BCUT2D eigenvalue weighted by Gasteiger charge is -2.21. The Morgan fingerprint density at radius 1 is 0.618 bits per heavy atom. The summed E-state index contributed by atoms with van der Waals surface area (Å²) in [5.41, 5.74) is 0. The van der Waals surface area contributed by atoms with Crippen molar-refractivity contribution >= 4 is 11.8 Å². The number of likely N-dealkylation sites (N-methyl/N-ethyl adjacent to an activating group) is 1. The summed E-state index contributed by atoms with van der Waals surface area (Å²) < 4.78 is 16.3. The first-order chi connectivity index (χ1) is 16.6. The van der Waals surface area contributed by atoms with Crippen molar-refractivity contribution in [1.82, 2.24) is 20.9 Å². The summed E-state index contributed by atoms with van der Waals surface area (Å²) in [6, 6.07) is 0. The number of carbonyl (C=O) groups is 2. The van der Waals surface area contributed by atoms with Gasteiger partial charge in [0.25, 0.3) is 0 Å². The lowest BCUT2D eigenvalue weighted by molar-refractivity contribution is -0.125. The van der Waals surface area contributed by atoms with Gasteiger partial charge in [-0.2, -0.15) is 0 Å². The molecule has 0 unspecified atom stereocenters. The van der Waals surface area contributed by atoms with Gasteiger partial charge in [0, 0.05) is 26.2 Å². The molecule has 0 radical (unpaired) electrons. The molecule has 9 nitrogen and oxygen atoms in total. The van der Waals surface area contributed by atoms with E-state index in [9.17, 15) is 9.59 Å². The second kappa shape index (κ2) is 39.0. The molecule has 0 heterocycles. The quantitative estimate of drug-likeness (QED) is 0.224. The summed E-state index contributed by atoms with van der Waals surface area (Å²) in [5, 5.41) is 8.67. The van der Waals surface area contributed by atoms with E-state index in [1.807, 2.05) is 62.4 Å². The predicted octanol–water partition coefficient (Wildman–Crippen LogP) is 2.69. The Kier molecular flexibility index (Phi) is 45.8. The zero-order valence-corrected chi connectivity index (χ0v) is 23.9. The number of nitrogens with one attached hydrogen (secondary N) is 3. The van der Waals surface area contributed by atoms with Crippen molar-refractivity contribution < 1.29 is 23.8 Å². The van der Waals surface area contributed by atoms with E-state index in [0.717, 1.165) is 19.4 Å². The molecular weight excluding hydrogens is 436 g/mol. The molecule has 0 bridgehead atoms. The minimum Gasteiger partial charge on any atom is -0.378 e. The molecule has 0 aromatic heterocycles. The highest BCUT2D eigenvalue weighted by Crippen LogP contribution is 1.91. The molecule has 34 heavy (non-hydrogen) atoms. The average Bonchev–Trinajstić information content (AvgIpc) is 2.88. The Labute approximate surface area is 211 Å². The standard InChI is InChI=1S/C19H40N4O5.3C2H6/c1-4-6-21-18(24)16-23(17-19(25)22-7-5-2)9-11-27-13-15-28-14-12-26-10-8-20-3;3*1-2/h20H,4-17H2,1-3H3,(H,21,24)(H,22,25);3*1-2H3. The van der Waals surface area contributed by atoms with Crippen LogP contribution in [0.4, 0.5) is 0 Å². The summed E-state index contributed by atoms with van der Waals surface area (Å²) >= 11 is 0. The third-order valence-electron chi connectivity index (χ3n) is 3.67. The second-order valence-corrected chi connectivity index (χ2v) is 6.35. The van der Waals surface area contributed by atoms with E-state index in [1.165, 1.54) is 0 Å². The Hall–Kier alpha value is -1.26. The SMILES string of the molecule is CC.CC.CC.CCCNC(=O)CN(CCOCCOCCOCCNC)CC(=O)NCCC. The van der Waals surface area contributed by atoms with Crippen LogP contribution in [0.3, 0.4) is 0 Å². The number of hydrogen-bond donors (Lipinski definition) is 3. The highest BCUT2D eigenvalue weighted by Gasteiger charge is 2.14. The summed E-state index contributed by atoms with van der Waals surface area (Å²) in [7, 11) is 1.88. The summed E-state index contributed by atoms with van der Waals surface area (Å²) in [6.07, 6.45) is 1.76. The summed E-state index contributed by atoms with van der Waals surface area (Å²) in [5.74, 6) is -0.154. The molecule has 9 heteroatoms. The smallest absolute Gasteiger partial charge is 0.234 e. The summed E-state index contributed by atoms with van der Waals surface area (Å²) in [6.45, 7) is 22.1. The van der Waals surface area contributed by atoms with Crippen molar-refractivity contribution in [2.45, 2.75) is 68.2 Å². The van der Waals surface area contributed by atoms with Crippen LogP contribution in [-0.2, 0) is 23.8 Å². The number of hydrogen-bond acceptors (Lipinski definition) is 7. The zero-order valence-electron chi connectivity index (χ0n) is 23.9. The number of nitrogens with zero attached hydrogens (tertiary/aromatic N) is 1. The van der Waals surface area contributed by atoms with E-state index in [2.05, 4.69) is 16.0 Å². The third kappa shape index (κ3) is 35.3. The van der Waals surface area contributed by atoms with E-state index < -0.39 is 0 Å². The first kappa shape index (κ1) is 39.9. The maximum Gasteiger partial charge on any atom is 0.234 e. The fourth-order valence-electron chi connectivity index (χ4n) is 2.17. The highest BCUT2D eigenvalue weighted by atomic mass is 16.5. The van der Waals surface area contributed by atoms with Crippen LogP contribution in [0.2, 0.25) is 0 Å². The first-order valence-electron chi connectivity index (χ1n) is 13.3. The molecule has 0 atom stereocenters. The molecule has 0 fully saturated rings. The zero-order chi connectivity index (χ0) is 26.9. The van der Waals surface area contributed by atoms with Crippen LogP contribution < -0.4 is 16.0 Å². The van der Waals surface area contributed by atoms with Crippen LogP contribution >= 0.6 is 0 Å². The summed E-state index contributed by atoms with van der Waals surface area (Å²) in [4.78, 5) is 25.7. The molecule has 2 amide bonds. The van der Waals surface area contributed by atoms with Crippen molar-refractivity contribution in [3.63, 3.8) is 0 Å². The minimum atomic E-state index is -0.0771. The van der Waals surface area contributed by atoms with Crippen molar-refractivity contribution in [3.05, 3.63) is 0 Å². The fourth-order valence-corrected chi connectivity index (χ4v) is 2.17. The largest absolute Gasteiger partial charge is 0.378 e. The molecule has 208 valence electrons. The van der Waals surface area contributed by atoms with Crippen LogP contribution in [0.25, 0.3) is 0 Å². The van der Waals surface area contributed by atoms with Gasteiger partial charge in [-0.15, -0.1) is 0 Å². The van der Waals surface area contributed by atoms with Crippen LogP contribution in [0.5, 0.6) is 0 Å². The fraction of sp³-hybridized carbons (Fsp3) is 0.920. The number of ether oxygens (including phenoxy) is 3. The van der Waals surface area contributed by atoms with Gasteiger partial charge >= 0.3 is 0 Å². The molecule has 0 rings (SSSR count). The van der Waals surface area contributed by atoms with Crippen LogP contribution in [0, 0.1) is 0 Å². The normalized spacial score (nSPS) is 9.59. The molecular formula is C25H58N4O5. The molecule has 0 aliphatic heterocycles. The van der Waals surface area contributed by atoms with Crippen molar-refractivity contribution in [3.8, 4) is 0 Å². The van der Waals surface area contributed by atoms with E-state index in [1.54, 1.807) is 4.90 Å². The average molecular weight is 495 g/mol. The minimum absolute atomic E-state index is 0.0771. The predicted molar refractivity (Wildman–Crippen MR) is 143 cm³/mol. The van der Waals surface area contributed by atoms with Crippen molar-refractivity contribution in [1.29, 1.82) is 0 Å². The van der Waals surface area contributed by atoms with Gasteiger partial charge in [0.05, 0.1) is 52.7 Å². The van der Waals surface area contributed by atoms with E-state index in [4.69, 9.17) is 14.2 Å². The molecule has 0 saturated carbocycles. The molecule has 0 aromatic rings. The molecule has 0 spiro atoms. The number of rotatable bonds is 20. The van der Waals surface area contributed by atoms with Crippen LogP contribution in [-0.4, -0.2) is 103 Å². The molecule has 0 aliphatic rings. The lowest BCUT2D eigenvalue weighted by Crippen LogP contribution is -2.44.